The van der Waals surface area contributed by atoms with E-state index < -0.39 is 0 Å². The number of thioether (sulfide) groups is 1. The lowest BCUT2D eigenvalue weighted by Crippen LogP contribution is -2.17. The number of rotatable bonds is 4. The molecular formula is C10H20N2S. The molecule has 1 unspecified atom stereocenters. The zero-order valence-corrected chi connectivity index (χ0v) is 9.66. The van der Waals surface area contributed by atoms with E-state index in [2.05, 4.69) is 31.1 Å². The third-order valence-electron chi connectivity index (χ3n) is 2.12. The van der Waals surface area contributed by atoms with Crippen LogP contribution in [0.4, 0.5) is 0 Å². The molecule has 2 nitrogen and oxygen atoms in total. The molecule has 13 heavy (non-hydrogen) atoms. The van der Waals surface area contributed by atoms with E-state index in [9.17, 15) is 0 Å². The van der Waals surface area contributed by atoms with Crippen LogP contribution >= 0.6 is 11.8 Å². The molecular weight excluding hydrogens is 180 g/mol. The highest BCUT2D eigenvalue weighted by atomic mass is 32.2. The number of amidine groups is 1. The van der Waals surface area contributed by atoms with Crippen LogP contribution in [0.25, 0.3) is 0 Å². The molecule has 0 aromatic rings. The predicted octanol–water partition coefficient (Wildman–Crippen LogP) is 2.50. The Morgan fingerprint density at radius 2 is 2.38 bits per heavy atom. The van der Waals surface area contributed by atoms with Gasteiger partial charge in [0, 0.05) is 12.3 Å². The van der Waals surface area contributed by atoms with Gasteiger partial charge in [0.1, 0.15) is 0 Å². The van der Waals surface area contributed by atoms with Gasteiger partial charge in [-0.1, -0.05) is 25.6 Å². The Morgan fingerprint density at radius 3 is 3.00 bits per heavy atom. The normalized spacial score (nSPS) is 22.2. The monoisotopic (exact) mass is 200 g/mol. The van der Waals surface area contributed by atoms with Crippen LogP contribution in [0.15, 0.2) is 4.99 Å². The van der Waals surface area contributed by atoms with E-state index in [1.807, 2.05) is 11.8 Å². The second-order valence-corrected chi connectivity index (χ2v) is 4.91. The van der Waals surface area contributed by atoms with E-state index >= 15 is 0 Å². The first-order valence-electron chi connectivity index (χ1n) is 5.16. The fourth-order valence-corrected chi connectivity index (χ4v) is 2.40. The average Bonchev–Trinajstić information content (AvgIpc) is 2.50. The van der Waals surface area contributed by atoms with E-state index in [1.54, 1.807) is 0 Å². The lowest BCUT2D eigenvalue weighted by molar-refractivity contribution is 0.520. The second-order valence-electron chi connectivity index (χ2n) is 3.90. The molecule has 1 N–H and O–H groups in total. The van der Waals surface area contributed by atoms with Gasteiger partial charge in [-0.25, -0.2) is 0 Å². The van der Waals surface area contributed by atoms with Crippen LogP contribution < -0.4 is 5.32 Å². The summed E-state index contributed by atoms with van der Waals surface area (Å²) in [5, 5.41) is 4.42. The van der Waals surface area contributed by atoms with Crippen LogP contribution in [0, 0.1) is 5.92 Å². The lowest BCUT2D eigenvalue weighted by atomic mass is 10.0. The molecule has 1 aliphatic heterocycles. The van der Waals surface area contributed by atoms with Gasteiger partial charge in [0.25, 0.3) is 0 Å². The van der Waals surface area contributed by atoms with Crippen LogP contribution in [-0.4, -0.2) is 23.5 Å². The van der Waals surface area contributed by atoms with Crippen molar-refractivity contribution in [2.45, 2.75) is 39.7 Å². The Bertz CT molecular complexity index is 178. The van der Waals surface area contributed by atoms with Crippen molar-refractivity contribution < 1.29 is 0 Å². The summed E-state index contributed by atoms with van der Waals surface area (Å²) >= 11 is 1.87. The van der Waals surface area contributed by atoms with Crippen molar-refractivity contribution in [2.75, 3.05) is 12.3 Å². The SMILES string of the molecule is CCNC1=NC(CCC(C)C)CS1. The van der Waals surface area contributed by atoms with Crippen molar-refractivity contribution in [1.82, 2.24) is 5.32 Å². The molecule has 0 saturated heterocycles. The van der Waals surface area contributed by atoms with Crippen LogP contribution in [0.2, 0.25) is 0 Å². The molecule has 3 heteroatoms. The van der Waals surface area contributed by atoms with Crippen molar-refractivity contribution in [3.63, 3.8) is 0 Å². The summed E-state index contributed by atoms with van der Waals surface area (Å²) in [4.78, 5) is 4.62. The Hall–Kier alpha value is -0.180. The highest BCUT2D eigenvalue weighted by Gasteiger charge is 2.17. The second kappa shape index (κ2) is 5.53. The maximum atomic E-state index is 4.62. The average molecular weight is 200 g/mol. The summed E-state index contributed by atoms with van der Waals surface area (Å²) in [5.41, 5.74) is 0. The molecule has 76 valence electrons. The highest BCUT2D eigenvalue weighted by Crippen LogP contribution is 2.21. The van der Waals surface area contributed by atoms with Gasteiger partial charge in [-0.3, -0.25) is 4.99 Å². The van der Waals surface area contributed by atoms with Gasteiger partial charge in [0.05, 0.1) is 6.04 Å². The molecule has 1 atom stereocenters. The van der Waals surface area contributed by atoms with Gasteiger partial charge in [-0.15, -0.1) is 0 Å². The number of aliphatic imine (C=N–C) groups is 1. The number of hydrogen-bond donors (Lipinski definition) is 1. The van der Waals surface area contributed by atoms with E-state index in [4.69, 9.17) is 0 Å². The van der Waals surface area contributed by atoms with Crippen molar-refractivity contribution in [2.24, 2.45) is 10.9 Å². The molecule has 0 aromatic carbocycles. The molecule has 0 aliphatic carbocycles. The predicted molar refractivity (Wildman–Crippen MR) is 61.4 cm³/mol. The molecule has 0 bridgehead atoms. The van der Waals surface area contributed by atoms with Gasteiger partial charge in [0.15, 0.2) is 5.17 Å². The molecule has 0 aromatic heterocycles. The molecule has 0 fully saturated rings. The number of hydrogen-bond acceptors (Lipinski definition) is 3. The molecule has 0 amide bonds. The quantitative estimate of drug-likeness (QED) is 0.754. The zero-order chi connectivity index (χ0) is 9.68. The minimum Gasteiger partial charge on any atom is -0.365 e. The number of nitrogens with one attached hydrogen (secondary N) is 1. The van der Waals surface area contributed by atoms with Crippen molar-refractivity contribution in [3.8, 4) is 0 Å². The maximum absolute atomic E-state index is 4.62. The summed E-state index contributed by atoms with van der Waals surface area (Å²) in [7, 11) is 0. The van der Waals surface area contributed by atoms with E-state index in [-0.39, 0.29) is 0 Å². The van der Waals surface area contributed by atoms with Gasteiger partial charge < -0.3 is 5.32 Å². The fraction of sp³-hybridized carbons (Fsp3) is 0.900. The molecule has 0 saturated carbocycles. The van der Waals surface area contributed by atoms with Gasteiger partial charge in [-0.2, -0.15) is 0 Å². The Balaban J connectivity index is 2.22. The van der Waals surface area contributed by atoms with Gasteiger partial charge in [-0.05, 0) is 25.7 Å². The van der Waals surface area contributed by atoms with Crippen LogP contribution in [-0.2, 0) is 0 Å². The summed E-state index contributed by atoms with van der Waals surface area (Å²) in [6, 6.07) is 0.571. The maximum Gasteiger partial charge on any atom is 0.156 e. The molecule has 0 radical (unpaired) electrons. The first kappa shape index (κ1) is 10.9. The van der Waals surface area contributed by atoms with Gasteiger partial charge in [0.2, 0.25) is 0 Å². The van der Waals surface area contributed by atoms with Crippen molar-refractivity contribution in [1.29, 1.82) is 0 Å². The number of nitrogens with zero attached hydrogens (tertiary/aromatic N) is 1. The Labute approximate surface area is 85.6 Å². The summed E-state index contributed by atoms with van der Waals surface area (Å²) in [5.74, 6) is 1.98. The highest BCUT2D eigenvalue weighted by molar-refractivity contribution is 8.14. The van der Waals surface area contributed by atoms with Crippen LogP contribution in [0.1, 0.15) is 33.6 Å². The molecule has 1 heterocycles. The van der Waals surface area contributed by atoms with Crippen molar-refractivity contribution in [3.05, 3.63) is 0 Å². The Morgan fingerprint density at radius 1 is 1.62 bits per heavy atom. The smallest absolute Gasteiger partial charge is 0.156 e. The molecule has 1 rings (SSSR count). The summed E-state index contributed by atoms with van der Waals surface area (Å²) < 4.78 is 0. The van der Waals surface area contributed by atoms with E-state index in [1.165, 1.54) is 18.6 Å². The minimum absolute atomic E-state index is 0.571. The summed E-state index contributed by atoms with van der Waals surface area (Å²) in [6.07, 6.45) is 2.55. The summed E-state index contributed by atoms with van der Waals surface area (Å²) in [6.45, 7) is 7.65. The van der Waals surface area contributed by atoms with Crippen LogP contribution in [0.3, 0.4) is 0 Å². The topological polar surface area (TPSA) is 24.4 Å². The standard InChI is InChI=1S/C10H20N2S/c1-4-11-10-12-9(7-13-10)6-5-8(2)3/h8-9H,4-7H2,1-3H3,(H,11,12). The third-order valence-corrected chi connectivity index (χ3v) is 3.19. The molecule has 0 spiro atoms. The Kier molecular flexibility index (Phi) is 4.64. The minimum atomic E-state index is 0.571. The first-order valence-corrected chi connectivity index (χ1v) is 6.15. The fourth-order valence-electron chi connectivity index (χ4n) is 1.34. The van der Waals surface area contributed by atoms with E-state index in [0.29, 0.717) is 6.04 Å². The van der Waals surface area contributed by atoms with Gasteiger partial charge >= 0.3 is 0 Å². The first-order chi connectivity index (χ1) is 6.22. The third kappa shape index (κ3) is 4.03. The van der Waals surface area contributed by atoms with Crippen LogP contribution in [0.5, 0.6) is 0 Å². The van der Waals surface area contributed by atoms with Crippen molar-refractivity contribution >= 4 is 16.9 Å². The largest absolute Gasteiger partial charge is 0.365 e. The lowest BCUT2D eigenvalue weighted by Gasteiger charge is -2.07. The molecule has 1 aliphatic rings. The van der Waals surface area contributed by atoms with E-state index in [0.717, 1.165) is 17.6 Å². The zero-order valence-electron chi connectivity index (χ0n) is 8.84.